The predicted molar refractivity (Wildman–Crippen MR) is 25.8 cm³/mol. The Balaban J connectivity index is 3.83. The van der Waals surface area contributed by atoms with Crippen LogP contribution in [0.3, 0.4) is 0 Å². The first-order valence-corrected chi connectivity index (χ1v) is 2.06. The lowest BCUT2D eigenvalue weighted by Crippen LogP contribution is -2.30. The number of rotatable bonds is 2. The molecule has 0 rings (SSSR count). The molecule has 0 aromatic heterocycles. The highest BCUT2D eigenvalue weighted by atomic mass is 35.5. The summed E-state index contributed by atoms with van der Waals surface area (Å²) in [5, 5.41) is 9.51. The number of hydrogen-bond donors (Lipinski definition) is 1. The van der Waals surface area contributed by atoms with Crippen LogP contribution in [0.15, 0.2) is 0 Å². The van der Waals surface area contributed by atoms with E-state index in [2.05, 4.69) is 5.73 Å². The maximum atomic E-state index is 9.79. The SMILES string of the molecule is NC(=O)C(Cl)[N+](=O)[O-]. The number of primary amides is 1. The van der Waals surface area contributed by atoms with Crippen molar-refractivity contribution in [3.8, 4) is 0 Å². The van der Waals surface area contributed by atoms with Crippen LogP contribution in [0.4, 0.5) is 0 Å². The third-order valence-corrected chi connectivity index (χ3v) is 0.794. The molecule has 1 amide bonds. The summed E-state index contributed by atoms with van der Waals surface area (Å²) in [5.74, 6) is -1.14. The number of nitro groups is 1. The Kier molecular flexibility index (Phi) is 2.20. The molecule has 0 aromatic rings. The third-order valence-electron chi connectivity index (χ3n) is 0.420. The van der Waals surface area contributed by atoms with Crippen molar-refractivity contribution in [3.05, 3.63) is 10.1 Å². The molecule has 46 valence electrons. The van der Waals surface area contributed by atoms with Crippen molar-refractivity contribution in [1.29, 1.82) is 0 Å². The van der Waals surface area contributed by atoms with Gasteiger partial charge in [0, 0.05) is 4.92 Å². The highest BCUT2D eigenvalue weighted by molar-refractivity contribution is 6.29. The van der Waals surface area contributed by atoms with Crippen LogP contribution >= 0.6 is 11.6 Å². The molecule has 8 heavy (non-hydrogen) atoms. The number of alkyl halides is 1. The molecule has 0 saturated carbocycles. The number of nitrogens with two attached hydrogens (primary N) is 1. The molecule has 1 atom stereocenters. The zero-order valence-corrected chi connectivity index (χ0v) is 4.46. The summed E-state index contributed by atoms with van der Waals surface area (Å²) in [5.41, 5.74) is 2.63. The zero-order chi connectivity index (χ0) is 6.73. The molecule has 0 saturated heterocycles. The van der Waals surface area contributed by atoms with Gasteiger partial charge < -0.3 is 5.73 Å². The monoisotopic (exact) mass is 138 g/mol. The van der Waals surface area contributed by atoms with Gasteiger partial charge in [-0.1, -0.05) is 0 Å². The quantitative estimate of drug-likeness (QED) is 0.237. The van der Waals surface area contributed by atoms with E-state index in [1.165, 1.54) is 0 Å². The van der Waals surface area contributed by atoms with Crippen molar-refractivity contribution in [1.82, 2.24) is 0 Å². The Morgan fingerprint density at radius 1 is 1.88 bits per heavy atom. The van der Waals surface area contributed by atoms with Crippen LogP contribution in [0.5, 0.6) is 0 Å². The average Bonchev–Trinajstić information content (AvgIpc) is 1.64. The molecule has 0 bridgehead atoms. The van der Waals surface area contributed by atoms with Gasteiger partial charge in [0.25, 0.3) is 0 Å². The molecule has 0 aliphatic rings. The molecule has 0 heterocycles. The summed E-state index contributed by atoms with van der Waals surface area (Å²) >= 11 is 4.78. The van der Waals surface area contributed by atoms with E-state index >= 15 is 0 Å². The molecule has 6 heteroatoms. The summed E-state index contributed by atoms with van der Waals surface area (Å²) in [6, 6.07) is 0. The number of nitrogens with zero attached hydrogens (tertiary/aromatic N) is 1. The maximum absolute atomic E-state index is 9.79. The van der Waals surface area contributed by atoms with Gasteiger partial charge >= 0.3 is 11.4 Å². The maximum Gasteiger partial charge on any atom is 0.363 e. The molecule has 0 aliphatic carbocycles. The molecule has 0 fully saturated rings. The van der Waals surface area contributed by atoms with Gasteiger partial charge in [-0.15, -0.1) is 0 Å². The molecule has 0 spiro atoms. The van der Waals surface area contributed by atoms with E-state index in [9.17, 15) is 14.9 Å². The van der Waals surface area contributed by atoms with E-state index in [1.807, 2.05) is 0 Å². The lowest BCUT2D eigenvalue weighted by atomic mass is 10.6. The lowest BCUT2D eigenvalue weighted by Gasteiger charge is -1.91. The molecule has 1 unspecified atom stereocenters. The van der Waals surface area contributed by atoms with Gasteiger partial charge in [0.1, 0.15) is 0 Å². The Bertz CT molecular complexity index is 110. The van der Waals surface area contributed by atoms with Gasteiger partial charge in [0.05, 0.1) is 0 Å². The summed E-state index contributed by atoms with van der Waals surface area (Å²) in [6.45, 7) is 0. The molecule has 2 N–H and O–H groups in total. The lowest BCUT2D eigenvalue weighted by molar-refractivity contribution is -0.484. The second-order valence-electron chi connectivity index (χ2n) is 1.02. The van der Waals surface area contributed by atoms with Crippen molar-refractivity contribution in [2.24, 2.45) is 5.73 Å². The first-order chi connectivity index (χ1) is 3.55. The van der Waals surface area contributed by atoms with Gasteiger partial charge in [-0.25, -0.2) is 0 Å². The average molecular weight is 139 g/mol. The minimum atomic E-state index is -1.80. The van der Waals surface area contributed by atoms with Crippen LogP contribution in [0.2, 0.25) is 0 Å². The molecular weight excluding hydrogens is 135 g/mol. The Hall–Kier alpha value is -0.840. The second kappa shape index (κ2) is 2.46. The normalized spacial score (nSPS) is 12.6. The Morgan fingerprint density at radius 2 is 2.25 bits per heavy atom. The van der Waals surface area contributed by atoms with Crippen molar-refractivity contribution in [2.75, 3.05) is 0 Å². The zero-order valence-electron chi connectivity index (χ0n) is 3.70. The summed E-state index contributed by atoms with van der Waals surface area (Å²) < 4.78 is 0. The molecule has 0 aliphatic heterocycles. The van der Waals surface area contributed by atoms with Crippen LogP contribution in [0, 0.1) is 10.1 Å². The molecule has 0 radical (unpaired) electrons. The van der Waals surface area contributed by atoms with E-state index in [-0.39, 0.29) is 0 Å². The highest BCUT2D eigenvalue weighted by Gasteiger charge is 2.22. The Morgan fingerprint density at radius 3 is 2.25 bits per heavy atom. The van der Waals surface area contributed by atoms with Crippen LogP contribution in [-0.4, -0.2) is 16.3 Å². The third kappa shape index (κ3) is 1.74. The standard InChI is InChI=1S/C2H3ClN2O3/c3-1(2(4)6)5(7)8/h1H,(H2,4,6). The molecule has 5 nitrogen and oxygen atoms in total. The highest BCUT2D eigenvalue weighted by Crippen LogP contribution is 1.92. The van der Waals surface area contributed by atoms with E-state index < -0.39 is 16.3 Å². The largest absolute Gasteiger partial charge is 0.363 e. The topological polar surface area (TPSA) is 86.2 Å². The fourth-order valence-corrected chi connectivity index (χ4v) is 0.104. The minimum Gasteiger partial charge on any atom is -0.363 e. The van der Waals surface area contributed by atoms with Crippen molar-refractivity contribution in [2.45, 2.75) is 5.50 Å². The van der Waals surface area contributed by atoms with Crippen LogP contribution in [0.25, 0.3) is 0 Å². The van der Waals surface area contributed by atoms with Crippen LogP contribution in [-0.2, 0) is 4.79 Å². The van der Waals surface area contributed by atoms with E-state index in [4.69, 9.17) is 11.6 Å². The summed E-state index contributed by atoms with van der Waals surface area (Å²) in [7, 11) is 0. The van der Waals surface area contributed by atoms with E-state index in [1.54, 1.807) is 0 Å². The first kappa shape index (κ1) is 7.16. The minimum absolute atomic E-state index is 0.968. The van der Waals surface area contributed by atoms with Crippen molar-refractivity contribution in [3.63, 3.8) is 0 Å². The number of carbonyl (C=O) groups excluding carboxylic acids is 1. The number of carbonyl (C=O) groups is 1. The van der Waals surface area contributed by atoms with Crippen molar-refractivity contribution >= 4 is 17.5 Å². The van der Waals surface area contributed by atoms with E-state index in [0.717, 1.165) is 0 Å². The fraction of sp³-hybridized carbons (Fsp3) is 0.500. The fourth-order valence-electron chi connectivity index (χ4n) is 0.104. The van der Waals surface area contributed by atoms with Gasteiger partial charge in [0.2, 0.25) is 0 Å². The molecular formula is C2H3ClN2O3. The van der Waals surface area contributed by atoms with Gasteiger partial charge in [0.15, 0.2) is 0 Å². The Labute approximate surface area is 49.6 Å². The van der Waals surface area contributed by atoms with Gasteiger partial charge in [-0.3, -0.25) is 14.9 Å². The summed E-state index contributed by atoms with van der Waals surface area (Å²) in [4.78, 5) is 18.3. The van der Waals surface area contributed by atoms with Crippen LogP contribution < -0.4 is 5.73 Å². The molecule has 0 aromatic carbocycles. The van der Waals surface area contributed by atoms with Crippen LogP contribution in [0.1, 0.15) is 0 Å². The van der Waals surface area contributed by atoms with Gasteiger partial charge in [-0.2, -0.15) is 0 Å². The number of hydrogen-bond acceptors (Lipinski definition) is 3. The number of amides is 1. The number of halogens is 1. The second-order valence-corrected chi connectivity index (χ2v) is 1.44. The van der Waals surface area contributed by atoms with Gasteiger partial charge in [-0.05, 0) is 11.6 Å². The smallest absolute Gasteiger partial charge is 0.363 e. The summed E-state index contributed by atoms with van der Waals surface area (Å²) in [6.07, 6.45) is 0. The first-order valence-electron chi connectivity index (χ1n) is 1.62. The van der Waals surface area contributed by atoms with Crippen molar-refractivity contribution < 1.29 is 9.72 Å². The van der Waals surface area contributed by atoms with E-state index in [0.29, 0.717) is 0 Å². The predicted octanol–water partition coefficient (Wildman–Crippen LogP) is -0.687.